The van der Waals surface area contributed by atoms with Crippen LogP contribution in [0.15, 0.2) is 30.3 Å². The Morgan fingerprint density at radius 2 is 1.81 bits per heavy atom. The molecule has 2 fully saturated rings. The highest BCUT2D eigenvalue weighted by Gasteiger charge is 2.42. The van der Waals surface area contributed by atoms with Crippen molar-refractivity contribution in [2.75, 3.05) is 6.54 Å². The van der Waals surface area contributed by atoms with Gasteiger partial charge in [0.05, 0.1) is 0 Å². The lowest BCUT2D eigenvalue weighted by atomic mass is 9.65. The molecule has 1 saturated carbocycles. The second-order valence-corrected chi connectivity index (χ2v) is 5.35. The van der Waals surface area contributed by atoms with Crippen LogP contribution in [0, 0.1) is 5.92 Å². The lowest BCUT2D eigenvalue weighted by Gasteiger charge is -2.48. The maximum Gasteiger partial charge on any atom is 0.0463 e. The van der Waals surface area contributed by atoms with Gasteiger partial charge in [0, 0.05) is 5.54 Å². The molecule has 1 heteroatoms. The van der Waals surface area contributed by atoms with Crippen molar-refractivity contribution < 1.29 is 0 Å². The highest BCUT2D eigenvalue weighted by Crippen LogP contribution is 2.45. The largest absolute Gasteiger partial charge is 0.307 e. The zero-order chi connectivity index (χ0) is 10.8. The van der Waals surface area contributed by atoms with Crippen LogP contribution in [0.3, 0.4) is 0 Å². The summed E-state index contributed by atoms with van der Waals surface area (Å²) >= 11 is 0. The van der Waals surface area contributed by atoms with Crippen LogP contribution >= 0.6 is 0 Å². The molecule has 0 aromatic heterocycles. The van der Waals surface area contributed by atoms with Gasteiger partial charge in [-0.1, -0.05) is 43.2 Å². The van der Waals surface area contributed by atoms with Crippen LogP contribution in [-0.4, -0.2) is 6.54 Å². The normalized spacial score (nSPS) is 34.4. The highest BCUT2D eigenvalue weighted by molar-refractivity contribution is 5.27. The van der Waals surface area contributed by atoms with Gasteiger partial charge in [-0.3, -0.25) is 0 Å². The Labute approximate surface area is 98.3 Å². The number of hydrogen-bond donors (Lipinski definition) is 1. The summed E-state index contributed by atoms with van der Waals surface area (Å²) < 4.78 is 0. The summed E-state index contributed by atoms with van der Waals surface area (Å²) in [6.07, 6.45) is 8.35. The minimum atomic E-state index is 0.317. The topological polar surface area (TPSA) is 12.0 Å². The Morgan fingerprint density at radius 3 is 2.69 bits per heavy atom. The van der Waals surface area contributed by atoms with Gasteiger partial charge in [-0.2, -0.15) is 0 Å². The van der Waals surface area contributed by atoms with E-state index in [1.54, 1.807) is 0 Å². The van der Waals surface area contributed by atoms with Gasteiger partial charge in [0.2, 0.25) is 0 Å². The van der Waals surface area contributed by atoms with Gasteiger partial charge < -0.3 is 5.32 Å². The summed E-state index contributed by atoms with van der Waals surface area (Å²) in [5.41, 5.74) is 1.84. The van der Waals surface area contributed by atoms with Crippen molar-refractivity contribution in [1.82, 2.24) is 5.32 Å². The highest BCUT2D eigenvalue weighted by atomic mass is 15.0. The zero-order valence-corrected chi connectivity index (χ0v) is 9.91. The summed E-state index contributed by atoms with van der Waals surface area (Å²) in [7, 11) is 0. The zero-order valence-electron chi connectivity index (χ0n) is 9.91. The number of piperidine rings is 1. The van der Waals surface area contributed by atoms with Crippen LogP contribution in [0.4, 0.5) is 0 Å². The van der Waals surface area contributed by atoms with E-state index >= 15 is 0 Å². The quantitative estimate of drug-likeness (QED) is 0.756. The number of rotatable bonds is 1. The molecule has 1 nitrogen and oxygen atoms in total. The monoisotopic (exact) mass is 215 g/mol. The second kappa shape index (κ2) is 4.21. The van der Waals surface area contributed by atoms with E-state index in [0.29, 0.717) is 5.54 Å². The molecule has 1 heterocycles. The summed E-state index contributed by atoms with van der Waals surface area (Å²) in [5, 5.41) is 3.85. The van der Waals surface area contributed by atoms with E-state index in [0.717, 1.165) is 5.92 Å². The minimum Gasteiger partial charge on any atom is -0.307 e. The SMILES string of the molecule is c1ccc([C@@]23CCCC[C@@H]2CCCN3)cc1. The lowest BCUT2D eigenvalue weighted by molar-refractivity contribution is 0.101. The Bertz CT molecular complexity index is 332. The number of fused-ring (bicyclic) bond motifs is 1. The molecule has 2 atom stereocenters. The van der Waals surface area contributed by atoms with Gasteiger partial charge in [0.15, 0.2) is 0 Å². The van der Waals surface area contributed by atoms with Gasteiger partial charge in [0.25, 0.3) is 0 Å². The van der Waals surface area contributed by atoms with Crippen LogP contribution in [0.1, 0.15) is 44.1 Å². The van der Waals surface area contributed by atoms with Crippen LogP contribution in [-0.2, 0) is 5.54 Å². The van der Waals surface area contributed by atoms with Crippen molar-refractivity contribution in [1.29, 1.82) is 0 Å². The molecule has 0 bridgehead atoms. The van der Waals surface area contributed by atoms with Crippen LogP contribution in [0.5, 0.6) is 0 Å². The van der Waals surface area contributed by atoms with Crippen LogP contribution in [0.25, 0.3) is 0 Å². The molecule has 1 N–H and O–H groups in total. The Kier molecular flexibility index (Phi) is 2.72. The molecule has 1 aromatic carbocycles. The molecule has 0 amide bonds. The number of nitrogens with one attached hydrogen (secondary N) is 1. The van der Waals surface area contributed by atoms with E-state index < -0.39 is 0 Å². The Morgan fingerprint density at radius 1 is 1.00 bits per heavy atom. The molecule has 16 heavy (non-hydrogen) atoms. The first-order chi connectivity index (χ1) is 7.92. The first kappa shape index (κ1) is 10.3. The van der Waals surface area contributed by atoms with Crippen molar-refractivity contribution in [3.63, 3.8) is 0 Å². The van der Waals surface area contributed by atoms with Crippen molar-refractivity contribution >= 4 is 0 Å². The van der Waals surface area contributed by atoms with E-state index in [9.17, 15) is 0 Å². The van der Waals surface area contributed by atoms with E-state index in [1.807, 2.05) is 0 Å². The van der Waals surface area contributed by atoms with Gasteiger partial charge in [0.1, 0.15) is 0 Å². The van der Waals surface area contributed by atoms with Crippen molar-refractivity contribution in [3.8, 4) is 0 Å². The van der Waals surface area contributed by atoms with Gasteiger partial charge in [-0.15, -0.1) is 0 Å². The lowest BCUT2D eigenvalue weighted by Crippen LogP contribution is -2.53. The minimum absolute atomic E-state index is 0.317. The third-order valence-corrected chi connectivity index (χ3v) is 4.53. The maximum absolute atomic E-state index is 3.85. The third-order valence-electron chi connectivity index (χ3n) is 4.53. The van der Waals surface area contributed by atoms with E-state index in [1.165, 1.54) is 50.6 Å². The van der Waals surface area contributed by atoms with E-state index in [2.05, 4.69) is 35.6 Å². The molecule has 2 aliphatic rings. The smallest absolute Gasteiger partial charge is 0.0463 e. The molecule has 1 aromatic rings. The van der Waals surface area contributed by atoms with E-state index in [4.69, 9.17) is 0 Å². The first-order valence-corrected chi connectivity index (χ1v) is 6.72. The van der Waals surface area contributed by atoms with Gasteiger partial charge in [-0.25, -0.2) is 0 Å². The summed E-state index contributed by atoms with van der Waals surface area (Å²) in [6.45, 7) is 1.20. The summed E-state index contributed by atoms with van der Waals surface area (Å²) in [6, 6.07) is 11.1. The Hall–Kier alpha value is -0.820. The molecule has 1 aliphatic carbocycles. The molecule has 0 spiro atoms. The first-order valence-electron chi connectivity index (χ1n) is 6.72. The average Bonchev–Trinajstić information content (AvgIpc) is 2.40. The molecule has 86 valence electrons. The van der Waals surface area contributed by atoms with Crippen molar-refractivity contribution in [2.45, 2.75) is 44.1 Å². The van der Waals surface area contributed by atoms with E-state index in [-0.39, 0.29) is 0 Å². The molecule has 3 rings (SSSR count). The molecular formula is C15H21N. The van der Waals surface area contributed by atoms with Crippen LogP contribution in [0.2, 0.25) is 0 Å². The fraction of sp³-hybridized carbons (Fsp3) is 0.600. The maximum atomic E-state index is 3.85. The molecular weight excluding hydrogens is 194 g/mol. The average molecular weight is 215 g/mol. The molecule has 0 radical (unpaired) electrons. The number of benzene rings is 1. The third kappa shape index (κ3) is 1.58. The van der Waals surface area contributed by atoms with Gasteiger partial charge in [-0.05, 0) is 43.7 Å². The molecule has 1 saturated heterocycles. The Balaban J connectivity index is 1.98. The molecule has 1 aliphatic heterocycles. The van der Waals surface area contributed by atoms with Crippen LogP contribution < -0.4 is 5.32 Å². The second-order valence-electron chi connectivity index (χ2n) is 5.35. The van der Waals surface area contributed by atoms with Crippen molar-refractivity contribution in [3.05, 3.63) is 35.9 Å². The van der Waals surface area contributed by atoms with Crippen molar-refractivity contribution in [2.24, 2.45) is 5.92 Å². The number of hydrogen-bond acceptors (Lipinski definition) is 1. The fourth-order valence-electron chi connectivity index (χ4n) is 3.75. The molecule has 0 unspecified atom stereocenters. The summed E-state index contributed by atoms with van der Waals surface area (Å²) in [4.78, 5) is 0. The summed E-state index contributed by atoms with van der Waals surface area (Å²) in [5.74, 6) is 0.873. The van der Waals surface area contributed by atoms with Gasteiger partial charge >= 0.3 is 0 Å². The standard InChI is InChI=1S/C15H21N/c1-2-7-13(8-3-1)15-11-5-4-9-14(15)10-6-12-16-15/h1-3,7-8,14,16H,4-6,9-12H2/t14-,15+/m1/s1. The predicted octanol–water partition coefficient (Wildman–Crippen LogP) is 3.46. The predicted molar refractivity (Wildman–Crippen MR) is 67.3 cm³/mol. The fourth-order valence-corrected chi connectivity index (χ4v) is 3.75.